The third kappa shape index (κ3) is 5.46. The zero-order valence-corrected chi connectivity index (χ0v) is 11.2. The molecule has 0 spiro atoms. The Kier molecular flexibility index (Phi) is 8.73. The van der Waals surface area contributed by atoms with Gasteiger partial charge in [-0.05, 0) is 34.6 Å². The molecule has 11 heavy (non-hydrogen) atoms. The van der Waals surface area contributed by atoms with E-state index in [1.165, 1.54) is 11.1 Å². The maximum atomic E-state index is 4.90. The van der Waals surface area contributed by atoms with Crippen LogP contribution in [-0.2, 0) is 11.2 Å². The van der Waals surface area contributed by atoms with Gasteiger partial charge in [-0.1, -0.05) is 0 Å². The Morgan fingerprint density at radius 1 is 1.73 bits per heavy atom. The third-order valence-corrected chi connectivity index (χ3v) is 2.02. The summed E-state index contributed by atoms with van der Waals surface area (Å²) in [6.45, 7) is 0.695. The summed E-state index contributed by atoms with van der Waals surface area (Å²) in [6.07, 6.45) is 0.955. The first kappa shape index (κ1) is 12.2. The SMILES string of the molecule is S=COCCc1ccsc1.[H-].[K+]. The second-order valence-electron chi connectivity index (χ2n) is 1.85. The quantitative estimate of drug-likeness (QED) is 0.374. The van der Waals surface area contributed by atoms with Crippen LogP contribution < -0.4 is 51.4 Å². The van der Waals surface area contributed by atoms with Crippen molar-refractivity contribution in [3.05, 3.63) is 22.4 Å². The van der Waals surface area contributed by atoms with E-state index in [9.17, 15) is 0 Å². The van der Waals surface area contributed by atoms with Gasteiger partial charge in [-0.3, -0.25) is 0 Å². The first-order valence-electron chi connectivity index (χ1n) is 3.00. The number of hydrogen-bond donors (Lipinski definition) is 0. The van der Waals surface area contributed by atoms with Gasteiger partial charge in [0.15, 0.2) is 0 Å². The Hall–Kier alpha value is 1.23. The Bertz CT molecular complexity index is 191. The van der Waals surface area contributed by atoms with Gasteiger partial charge in [0, 0.05) is 6.42 Å². The van der Waals surface area contributed by atoms with Crippen molar-refractivity contribution in [2.24, 2.45) is 0 Å². The standard InChI is InChI=1S/C7H8OS2.K.H/c9-6-8-3-1-7-2-4-10-5-7;;/h2,4-6H,1,3H2;;/q;+1;-1. The van der Waals surface area contributed by atoms with Gasteiger partial charge in [0.1, 0.15) is 5.55 Å². The molecule has 0 saturated carbocycles. The summed E-state index contributed by atoms with van der Waals surface area (Å²) in [5, 5.41) is 4.18. The van der Waals surface area contributed by atoms with Crippen molar-refractivity contribution in [3.8, 4) is 0 Å². The summed E-state index contributed by atoms with van der Waals surface area (Å²) >= 11 is 6.21. The minimum absolute atomic E-state index is 0. The van der Waals surface area contributed by atoms with Crippen molar-refractivity contribution in [3.63, 3.8) is 0 Å². The van der Waals surface area contributed by atoms with Gasteiger partial charge in [0.05, 0.1) is 6.61 Å². The van der Waals surface area contributed by atoms with Gasteiger partial charge in [0.25, 0.3) is 0 Å². The Morgan fingerprint density at radius 3 is 3.09 bits per heavy atom. The predicted molar refractivity (Wildman–Crippen MR) is 48.7 cm³/mol. The van der Waals surface area contributed by atoms with Crippen molar-refractivity contribution in [1.29, 1.82) is 0 Å². The molecular weight excluding hydrogens is 203 g/mol. The van der Waals surface area contributed by atoms with E-state index in [-0.39, 0.29) is 52.8 Å². The second-order valence-corrected chi connectivity index (χ2v) is 2.82. The molecule has 0 saturated heterocycles. The molecule has 0 N–H and O–H groups in total. The van der Waals surface area contributed by atoms with E-state index in [1.807, 2.05) is 0 Å². The van der Waals surface area contributed by atoms with Gasteiger partial charge in [0.2, 0.25) is 0 Å². The van der Waals surface area contributed by atoms with Crippen LogP contribution in [0.2, 0.25) is 0 Å². The Balaban J connectivity index is 0. The normalized spacial score (nSPS) is 8.36. The van der Waals surface area contributed by atoms with Crippen molar-refractivity contribution < 1.29 is 57.5 Å². The summed E-state index contributed by atoms with van der Waals surface area (Å²) < 4.78 is 4.90. The molecule has 1 heterocycles. The molecule has 0 aliphatic rings. The van der Waals surface area contributed by atoms with Crippen molar-refractivity contribution in [2.75, 3.05) is 6.61 Å². The number of hydrogen-bond acceptors (Lipinski definition) is 3. The molecule has 0 unspecified atom stereocenters. The van der Waals surface area contributed by atoms with Crippen LogP contribution in [-0.4, -0.2) is 12.2 Å². The molecule has 1 rings (SSSR count). The smallest absolute Gasteiger partial charge is 1.00 e. The summed E-state index contributed by atoms with van der Waals surface area (Å²) in [5.41, 5.74) is 2.63. The largest absolute Gasteiger partial charge is 1.00 e. The first-order valence-corrected chi connectivity index (χ1v) is 4.41. The zero-order chi connectivity index (χ0) is 7.23. The van der Waals surface area contributed by atoms with Crippen molar-refractivity contribution >= 4 is 29.1 Å². The van der Waals surface area contributed by atoms with Gasteiger partial charge in [-0.2, -0.15) is 11.3 Å². The molecule has 0 aliphatic carbocycles. The summed E-state index contributed by atoms with van der Waals surface area (Å²) in [4.78, 5) is 0. The van der Waals surface area contributed by atoms with Crippen LogP contribution in [0.15, 0.2) is 16.8 Å². The molecule has 0 amide bonds. The molecule has 0 aliphatic heterocycles. The van der Waals surface area contributed by atoms with Gasteiger partial charge in [-0.15, -0.1) is 0 Å². The number of ether oxygens (including phenoxy) is 1. The van der Waals surface area contributed by atoms with Crippen LogP contribution >= 0.6 is 23.6 Å². The Morgan fingerprint density at radius 2 is 2.55 bits per heavy atom. The monoisotopic (exact) mass is 212 g/mol. The van der Waals surface area contributed by atoms with E-state index in [0.29, 0.717) is 6.61 Å². The van der Waals surface area contributed by atoms with Crippen LogP contribution in [0.25, 0.3) is 0 Å². The summed E-state index contributed by atoms with van der Waals surface area (Å²) in [6, 6.07) is 2.09. The topological polar surface area (TPSA) is 9.23 Å². The molecule has 0 aromatic carbocycles. The molecule has 0 radical (unpaired) electrons. The van der Waals surface area contributed by atoms with E-state index in [0.717, 1.165) is 6.42 Å². The van der Waals surface area contributed by atoms with E-state index in [2.05, 4.69) is 29.0 Å². The van der Waals surface area contributed by atoms with E-state index in [4.69, 9.17) is 4.74 Å². The van der Waals surface area contributed by atoms with Crippen LogP contribution in [0.3, 0.4) is 0 Å². The minimum Gasteiger partial charge on any atom is -1.00 e. The molecule has 1 nitrogen and oxygen atoms in total. The third-order valence-electron chi connectivity index (χ3n) is 1.16. The molecular formula is C7H9KOS2. The minimum atomic E-state index is 0. The van der Waals surface area contributed by atoms with Crippen LogP contribution in [0.4, 0.5) is 0 Å². The fourth-order valence-electron chi connectivity index (χ4n) is 0.660. The molecule has 56 valence electrons. The molecule has 1 aromatic rings. The molecule has 1 aromatic heterocycles. The average molecular weight is 212 g/mol. The Labute approximate surface area is 120 Å². The summed E-state index contributed by atoms with van der Waals surface area (Å²) in [5.74, 6) is 0. The van der Waals surface area contributed by atoms with Crippen LogP contribution in [0.5, 0.6) is 0 Å². The summed E-state index contributed by atoms with van der Waals surface area (Å²) in [7, 11) is 0. The molecule has 0 fully saturated rings. The predicted octanol–water partition coefficient (Wildman–Crippen LogP) is -0.619. The van der Waals surface area contributed by atoms with E-state index < -0.39 is 0 Å². The van der Waals surface area contributed by atoms with Gasteiger partial charge < -0.3 is 6.16 Å². The average Bonchev–Trinajstić information content (AvgIpc) is 2.41. The zero-order valence-electron chi connectivity index (χ0n) is 7.45. The molecule has 0 atom stereocenters. The fourth-order valence-corrected chi connectivity index (χ4v) is 1.46. The molecule has 0 bridgehead atoms. The van der Waals surface area contributed by atoms with Crippen molar-refractivity contribution in [2.45, 2.75) is 6.42 Å². The second kappa shape index (κ2) is 7.85. The van der Waals surface area contributed by atoms with Gasteiger partial charge in [-0.25, -0.2) is 0 Å². The first-order chi connectivity index (χ1) is 4.93. The van der Waals surface area contributed by atoms with Crippen LogP contribution in [0, 0.1) is 0 Å². The number of thiophene rings is 1. The molecule has 4 heteroatoms. The fraction of sp³-hybridized carbons (Fsp3) is 0.286. The number of thiocarbonyl (C=S) groups is 1. The van der Waals surface area contributed by atoms with E-state index in [1.54, 1.807) is 11.3 Å². The van der Waals surface area contributed by atoms with Crippen LogP contribution in [0.1, 0.15) is 6.99 Å². The number of rotatable bonds is 4. The maximum Gasteiger partial charge on any atom is 1.00 e. The maximum absolute atomic E-state index is 4.90. The van der Waals surface area contributed by atoms with E-state index >= 15 is 0 Å². The van der Waals surface area contributed by atoms with Crippen molar-refractivity contribution in [1.82, 2.24) is 0 Å². The van der Waals surface area contributed by atoms with Gasteiger partial charge >= 0.3 is 51.4 Å².